The molecule has 0 saturated heterocycles. The fourth-order valence-corrected chi connectivity index (χ4v) is 2.17. The lowest BCUT2D eigenvalue weighted by Gasteiger charge is -2.07. The second kappa shape index (κ2) is 5.05. The van der Waals surface area contributed by atoms with Crippen LogP contribution >= 0.6 is 0 Å². The maximum absolute atomic E-state index is 9.08. The van der Waals surface area contributed by atoms with Gasteiger partial charge in [0.25, 0.3) is 0 Å². The number of benzene rings is 1. The first-order valence-corrected chi connectivity index (χ1v) is 6.10. The van der Waals surface area contributed by atoms with E-state index in [0.717, 1.165) is 24.4 Å². The van der Waals surface area contributed by atoms with E-state index in [1.165, 1.54) is 11.1 Å². The number of aryl methyl sites for hydroxylation is 3. The molecule has 18 heavy (non-hydrogen) atoms. The molecule has 0 spiro atoms. The minimum absolute atomic E-state index is 0.559. The molecule has 1 aromatic carbocycles. The molecule has 0 saturated carbocycles. The molecule has 1 aromatic heterocycles. The lowest BCUT2D eigenvalue weighted by molar-refractivity contribution is 0.770. The molecule has 0 radical (unpaired) electrons. The van der Waals surface area contributed by atoms with E-state index in [4.69, 9.17) is 5.26 Å². The number of imidazole rings is 1. The van der Waals surface area contributed by atoms with Gasteiger partial charge in [-0.25, -0.2) is 4.98 Å². The number of hydrogen-bond donors (Lipinski definition) is 0. The van der Waals surface area contributed by atoms with Crippen molar-refractivity contribution >= 4 is 0 Å². The second-order valence-corrected chi connectivity index (χ2v) is 4.55. The maximum Gasteiger partial charge on any atom is 0.161 e. The Kier molecular flexibility index (Phi) is 3.47. The SMILES string of the molecule is Cc1ccccc1CCc1c(C#N)nc(C)n1C. The summed E-state index contributed by atoms with van der Waals surface area (Å²) in [5.74, 6) is 0.895. The van der Waals surface area contributed by atoms with Gasteiger partial charge in [-0.3, -0.25) is 0 Å². The summed E-state index contributed by atoms with van der Waals surface area (Å²) in [4.78, 5) is 4.27. The molecule has 0 bridgehead atoms. The lowest BCUT2D eigenvalue weighted by Crippen LogP contribution is -2.02. The van der Waals surface area contributed by atoms with E-state index in [1.807, 2.05) is 24.6 Å². The van der Waals surface area contributed by atoms with E-state index in [0.29, 0.717) is 5.69 Å². The summed E-state index contributed by atoms with van der Waals surface area (Å²) >= 11 is 0. The van der Waals surface area contributed by atoms with Crippen molar-refractivity contribution in [1.29, 1.82) is 5.26 Å². The molecular weight excluding hydrogens is 222 g/mol. The molecule has 2 aromatic rings. The van der Waals surface area contributed by atoms with Crippen molar-refractivity contribution in [3.63, 3.8) is 0 Å². The van der Waals surface area contributed by atoms with E-state index in [2.05, 4.69) is 36.2 Å². The number of hydrogen-bond acceptors (Lipinski definition) is 2. The van der Waals surface area contributed by atoms with Gasteiger partial charge in [0, 0.05) is 7.05 Å². The van der Waals surface area contributed by atoms with Gasteiger partial charge in [0.1, 0.15) is 11.9 Å². The molecule has 3 heteroatoms. The van der Waals surface area contributed by atoms with Gasteiger partial charge in [-0.05, 0) is 37.8 Å². The van der Waals surface area contributed by atoms with Crippen LogP contribution in [0.3, 0.4) is 0 Å². The fourth-order valence-electron chi connectivity index (χ4n) is 2.17. The van der Waals surface area contributed by atoms with E-state index in [9.17, 15) is 0 Å². The second-order valence-electron chi connectivity index (χ2n) is 4.55. The topological polar surface area (TPSA) is 41.6 Å². The Balaban J connectivity index is 2.21. The number of nitrogens with zero attached hydrogens (tertiary/aromatic N) is 3. The van der Waals surface area contributed by atoms with Gasteiger partial charge in [-0.1, -0.05) is 24.3 Å². The molecule has 92 valence electrons. The van der Waals surface area contributed by atoms with Crippen LogP contribution in [-0.4, -0.2) is 9.55 Å². The minimum atomic E-state index is 0.559. The maximum atomic E-state index is 9.08. The molecular formula is C15H17N3. The van der Waals surface area contributed by atoms with Crippen LogP contribution < -0.4 is 0 Å². The standard InChI is InChI=1S/C15H17N3/c1-11-6-4-5-7-13(11)8-9-15-14(10-16)17-12(2)18(15)3/h4-7H,8-9H2,1-3H3. The quantitative estimate of drug-likeness (QED) is 0.826. The van der Waals surface area contributed by atoms with E-state index in [1.54, 1.807) is 0 Å². The Bertz CT molecular complexity index is 603. The van der Waals surface area contributed by atoms with Gasteiger partial charge in [0.15, 0.2) is 5.69 Å². The third-order valence-electron chi connectivity index (χ3n) is 3.44. The first-order valence-electron chi connectivity index (χ1n) is 6.10. The first-order chi connectivity index (χ1) is 8.63. The zero-order valence-corrected chi connectivity index (χ0v) is 11.1. The zero-order valence-electron chi connectivity index (χ0n) is 11.1. The lowest BCUT2D eigenvalue weighted by atomic mass is 10.0. The summed E-state index contributed by atoms with van der Waals surface area (Å²) in [6, 6.07) is 10.5. The van der Waals surface area contributed by atoms with Crippen molar-refractivity contribution in [3.8, 4) is 6.07 Å². The fraction of sp³-hybridized carbons (Fsp3) is 0.333. The Labute approximate surface area is 108 Å². The number of rotatable bonds is 3. The van der Waals surface area contributed by atoms with Crippen LogP contribution in [-0.2, 0) is 19.9 Å². The Morgan fingerprint density at radius 3 is 2.61 bits per heavy atom. The van der Waals surface area contributed by atoms with Gasteiger partial charge in [0.2, 0.25) is 0 Å². The van der Waals surface area contributed by atoms with Crippen molar-refractivity contribution in [2.24, 2.45) is 7.05 Å². The predicted molar refractivity (Wildman–Crippen MR) is 71.2 cm³/mol. The largest absolute Gasteiger partial charge is 0.334 e. The van der Waals surface area contributed by atoms with Crippen LogP contribution in [0.15, 0.2) is 24.3 Å². The summed E-state index contributed by atoms with van der Waals surface area (Å²) in [5.41, 5.74) is 4.22. The summed E-state index contributed by atoms with van der Waals surface area (Å²) < 4.78 is 2.01. The Morgan fingerprint density at radius 1 is 1.22 bits per heavy atom. The monoisotopic (exact) mass is 239 g/mol. The van der Waals surface area contributed by atoms with Gasteiger partial charge in [-0.15, -0.1) is 0 Å². The van der Waals surface area contributed by atoms with Gasteiger partial charge in [0.05, 0.1) is 5.69 Å². The van der Waals surface area contributed by atoms with E-state index < -0.39 is 0 Å². The highest BCUT2D eigenvalue weighted by atomic mass is 15.1. The summed E-state index contributed by atoms with van der Waals surface area (Å²) in [5, 5.41) is 9.08. The highest BCUT2D eigenvalue weighted by Crippen LogP contribution is 2.15. The van der Waals surface area contributed by atoms with Crippen molar-refractivity contribution in [1.82, 2.24) is 9.55 Å². The molecule has 0 amide bonds. The van der Waals surface area contributed by atoms with E-state index >= 15 is 0 Å². The molecule has 0 N–H and O–H groups in total. The highest BCUT2D eigenvalue weighted by Gasteiger charge is 2.11. The average molecular weight is 239 g/mol. The smallest absolute Gasteiger partial charge is 0.161 e. The normalized spacial score (nSPS) is 10.3. The van der Waals surface area contributed by atoms with Crippen molar-refractivity contribution in [2.75, 3.05) is 0 Å². The molecule has 0 atom stereocenters. The van der Waals surface area contributed by atoms with Gasteiger partial charge in [-0.2, -0.15) is 5.26 Å². The van der Waals surface area contributed by atoms with Crippen molar-refractivity contribution in [2.45, 2.75) is 26.7 Å². The van der Waals surface area contributed by atoms with Crippen molar-refractivity contribution in [3.05, 3.63) is 52.6 Å². The molecule has 3 nitrogen and oxygen atoms in total. The molecule has 2 rings (SSSR count). The molecule has 0 aliphatic rings. The third kappa shape index (κ3) is 2.28. The summed E-state index contributed by atoms with van der Waals surface area (Å²) in [7, 11) is 1.97. The summed E-state index contributed by atoms with van der Waals surface area (Å²) in [6.45, 7) is 4.05. The molecule has 0 fully saturated rings. The van der Waals surface area contributed by atoms with Crippen LogP contribution in [0.25, 0.3) is 0 Å². The first kappa shape index (κ1) is 12.4. The van der Waals surface area contributed by atoms with Crippen LogP contribution in [0, 0.1) is 25.2 Å². The van der Waals surface area contributed by atoms with E-state index in [-0.39, 0.29) is 0 Å². The Hall–Kier alpha value is -2.08. The average Bonchev–Trinajstić information content (AvgIpc) is 2.65. The van der Waals surface area contributed by atoms with Gasteiger partial charge < -0.3 is 4.57 Å². The number of aromatic nitrogens is 2. The molecule has 1 heterocycles. The summed E-state index contributed by atoms with van der Waals surface area (Å²) in [6.07, 6.45) is 1.80. The van der Waals surface area contributed by atoms with Gasteiger partial charge >= 0.3 is 0 Å². The number of nitriles is 1. The van der Waals surface area contributed by atoms with Crippen LogP contribution in [0.4, 0.5) is 0 Å². The molecule has 0 unspecified atom stereocenters. The third-order valence-corrected chi connectivity index (χ3v) is 3.44. The highest BCUT2D eigenvalue weighted by molar-refractivity contribution is 5.31. The predicted octanol–water partition coefficient (Wildman–Crippen LogP) is 2.69. The van der Waals surface area contributed by atoms with Crippen LogP contribution in [0.5, 0.6) is 0 Å². The minimum Gasteiger partial charge on any atom is -0.334 e. The van der Waals surface area contributed by atoms with Crippen LogP contribution in [0.2, 0.25) is 0 Å². The zero-order chi connectivity index (χ0) is 13.1. The van der Waals surface area contributed by atoms with Crippen molar-refractivity contribution < 1.29 is 0 Å². The van der Waals surface area contributed by atoms with Crippen LogP contribution in [0.1, 0.15) is 28.3 Å². The molecule has 0 aliphatic carbocycles. The Morgan fingerprint density at radius 2 is 1.94 bits per heavy atom. The molecule has 0 aliphatic heterocycles.